The highest BCUT2D eigenvalue weighted by atomic mass is 16.6. The Labute approximate surface area is 87.7 Å². The van der Waals surface area contributed by atoms with E-state index in [2.05, 4.69) is 0 Å². The van der Waals surface area contributed by atoms with E-state index in [1.165, 1.54) is 0 Å². The summed E-state index contributed by atoms with van der Waals surface area (Å²) in [6, 6.07) is 8.75. The van der Waals surface area contributed by atoms with Gasteiger partial charge in [-0.3, -0.25) is 10.1 Å². The minimum Gasteiger partial charge on any atom is -0.385 e. The Bertz CT molecular complexity index is 316. The third kappa shape index (κ3) is 4.05. The molecule has 0 radical (unpaired) electrons. The van der Waals surface area contributed by atoms with E-state index in [-0.39, 0.29) is 0 Å². The molecule has 0 aromatic heterocycles. The van der Waals surface area contributed by atoms with Gasteiger partial charge in [-0.05, 0) is 12.0 Å². The van der Waals surface area contributed by atoms with Gasteiger partial charge in [-0.15, -0.1) is 0 Å². The largest absolute Gasteiger partial charge is 0.385 e. The lowest BCUT2D eigenvalue weighted by atomic mass is 10.0. The van der Waals surface area contributed by atoms with Crippen molar-refractivity contribution in [2.24, 2.45) is 5.73 Å². The molecule has 0 aliphatic heterocycles. The van der Waals surface area contributed by atoms with Gasteiger partial charge in [0.05, 0.1) is 0 Å². The van der Waals surface area contributed by atoms with Crippen LogP contribution in [0.4, 0.5) is 0 Å². The van der Waals surface area contributed by atoms with E-state index in [4.69, 9.17) is 5.73 Å². The van der Waals surface area contributed by atoms with Crippen molar-refractivity contribution < 1.29 is 10.0 Å². The zero-order valence-corrected chi connectivity index (χ0v) is 8.24. The maximum atomic E-state index is 10.2. The van der Waals surface area contributed by atoms with Gasteiger partial charge in [-0.1, -0.05) is 30.3 Å². The molecule has 82 valence electrons. The average molecular weight is 210 g/mol. The Morgan fingerprint density at radius 2 is 2.00 bits per heavy atom. The second kappa shape index (κ2) is 5.43. The van der Waals surface area contributed by atoms with Crippen LogP contribution in [0.2, 0.25) is 0 Å². The first kappa shape index (κ1) is 11.6. The number of nitro groups is 1. The van der Waals surface area contributed by atoms with Crippen LogP contribution < -0.4 is 5.73 Å². The van der Waals surface area contributed by atoms with Gasteiger partial charge >= 0.3 is 0 Å². The molecule has 0 heterocycles. The molecule has 2 atom stereocenters. The lowest BCUT2D eigenvalue weighted by molar-refractivity contribution is -0.490. The molecule has 1 unspecified atom stereocenters. The molecule has 5 heteroatoms. The molecule has 1 rings (SSSR count). The van der Waals surface area contributed by atoms with Crippen LogP contribution in [0.15, 0.2) is 30.3 Å². The number of benzene rings is 1. The highest BCUT2D eigenvalue weighted by Crippen LogP contribution is 2.04. The van der Waals surface area contributed by atoms with Crippen LogP contribution in [0.1, 0.15) is 5.56 Å². The van der Waals surface area contributed by atoms with Gasteiger partial charge in [0.25, 0.3) is 0 Å². The third-order valence-corrected chi connectivity index (χ3v) is 2.14. The predicted molar refractivity (Wildman–Crippen MR) is 56.0 cm³/mol. The summed E-state index contributed by atoms with van der Waals surface area (Å²) in [6.07, 6.45) is -0.657. The van der Waals surface area contributed by atoms with E-state index >= 15 is 0 Å². The summed E-state index contributed by atoms with van der Waals surface area (Å²) >= 11 is 0. The lowest BCUT2D eigenvalue weighted by Crippen LogP contribution is -2.40. The molecule has 1 aromatic carbocycles. The van der Waals surface area contributed by atoms with E-state index < -0.39 is 23.6 Å². The number of rotatable bonds is 5. The normalized spacial score (nSPS) is 14.5. The predicted octanol–water partition coefficient (Wildman–Crippen LogP) is 0.194. The topological polar surface area (TPSA) is 89.4 Å². The second-order valence-corrected chi connectivity index (χ2v) is 3.44. The monoisotopic (exact) mass is 210 g/mol. The highest BCUT2D eigenvalue weighted by Gasteiger charge is 2.20. The van der Waals surface area contributed by atoms with Crippen LogP contribution in [-0.4, -0.2) is 28.7 Å². The van der Waals surface area contributed by atoms with Gasteiger partial charge in [-0.25, -0.2) is 0 Å². The first-order valence-electron chi connectivity index (χ1n) is 4.69. The minimum atomic E-state index is -1.10. The Morgan fingerprint density at radius 3 is 2.53 bits per heavy atom. The molecule has 0 amide bonds. The van der Waals surface area contributed by atoms with Crippen LogP contribution in [0, 0.1) is 10.1 Å². The molecule has 1 aromatic rings. The summed E-state index contributed by atoms with van der Waals surface area (Å²) in [4.78, 5) is 9.60. The molecule has 0 fully saturated rings. The van der Waals surface area contributed by atoms with Gasteiger partial charge in [-0.2, -0.15) is 0 Å². The van der Waals surface area contributed by atoms with Crippen molar-refractivity contribution in [3.8, 4) is 0 Å². The van der Waals surface area contributed by atoms with Gasteiger partial charge in [0.15, 0.2) is 0 Å². The van der Waals surface area contributed by atoms with Crippen LogP contribution in [0.5, 0.6) is 0 Å². The van der Waals surface area contributed by atoms with E-state index in [0.717, 1.165) is 5.56 Å². The minimum absolute atomic E-state index is 0.440. The van der Waals surface area contributed by atoms with Crippen molar-refractivity contribution in [3.05, 3.63) is 46.0 Å². The van der Waals surface area contributed by atoms with Gasteiger partial charge in [0.2, 0.25) is 6.54 Å². The molecule has 5 nitrogen and oxygen atoms in total. The molecular formula is C10H14N2O3. The number of aliphatic hydroxyl groups is 1. The van der Waals surface area contributed by atoms with Crippen molar-refractivity contribution in [2.45, 2.75) is 18.6 Å². The summed E-state index contributed by atoms with van der Waals surface area (Å²) in [6.45, 7) is -0.506. The smallest absolute Gasteiger partial charge is 0.230 e. The molecule has 0 saturated carbocycles. The second-order valence-electron chi connectivity index (χ2n) is 3.44. The first-order chi connectivity index (χ1) is 7.09. The number of hydrogen-bond donors (Lipinski definition) is 2. The summed E-state index contributed by atoms with van der Waals surface area (Å²) in [5, 5.41) is 19.5. The highest BCUT2D eigenvalue weighted by molar-refractivity contribution is 5.16. The maximum absolute atomic E-state index is 10.2. The summed E-state index contributed by atoms with van der Waals surface area (Å²) in [7, 11) is 0. The van der Waals surface area contributed by atoms with Gasteiger partial charge in [0, 0.05) is 11.0 Å². The Balaban J connectivity index is 2.48. The Hall–Kier alpha value is -1.46. The van der Waals surface area contributed by atoms with Crippen LogP contribution in [0.3, 0.4) is 0 Å². The molecule has 3 N–H and O–H groups in total. The molecule has 0 aliphatic carbocycles. The summed E-state index contributed by atoms with van der Waals surface area (Å²) < 4.78 is 0. The molecular weight excluding hydrogens is 196 g/mol. The first-order valence-corrected chi connectivity index (χ1v) is 4.69. The number of nitrogens with two attached hydrogens (primary N) is 1. The summed E-state index contributed by atoms with van der Waals surface area (Å²) in [5.41, 5.74) is 6.61. The average Bonchev–Trinajstić information content (AvgIpc) is 2.18. The fourth-order valence-corrected chi connectivity index (χ4v) is 1.31. The van der Waals surface area contributed by atoms with Crippen LogP contribution in [-0.2, 0) is 6.42 Å². The number of aliphatic hydroxyl groups excluding tert-OH is 1. The molecule has 0 spiro atoms. The molecule has 15 heavy (non-hydrogen) atoms. The van der Waals surface area contributed by atoms with Crippen molar-refractivity contribution in [1.29, 1.82) is 0 Å². The third-order valence-electron chi connectivity index (χ3n) is 2.14. The van der Waals surface area contributed by atoms with E-state index in [1.54, 1.807) is 0 Å². The molecule has 0 aliphatic rings. The van der Waals surface area contributed by atoms with Gasteiger partial charge in [0.1, 0.15) is 6.10 Å². The summed E-state index contributed by atoms with van der Waals surface area (Å²) in [5.74, 6) is 0. The van der Waals surface area contributed by atoms with Gasteiger partial charge < -0.3 is 10.8 Å². The fourth-order valence-electron chi connectivity index (χ4n) is 1.31. The zero-order valence-electron chi connectivity index (χ0n) is 8.24. The van der Waals surface area contributed by atoms with E-state index in [0.29, 0.717) is 6.42 Å². The molecule has 0 saturated heterocycles. The Morgan fingerprint density at radius 1 is 1.40 bits per heavy atom. The molecule has 0 bridgehead atoms. The zero-order chi connectivity index (χ0) is 11.3. The van der Waals surface area contributed by atoms with E-state index in [1.807, 2.05) is 30.3 Å². The SMILES string of the molecule is NC(Cc1ccccc1)[C@@H](O)C[N+](=O)[O-]. The van der Waals surface area contributed by atoms with Crippen molar-refractivity contribution >= 4 is 0 Å². The number of hydrogen-bond acceptors (Lipinski definition) is 4. The van der Waals surface area contributed by atoms with Crippen molar-refractivity contribution in [1.82, 2.24) is 0 Å². The maximum Gasteiger partial charge on any atom is 0.230 e. The quantitative estimate of drug-likeness (QED) is 0.536. The van der Waals surface area contributed by atoms with Crippen LogP contribution >= 0.6 is 0 Å². The van der Waals surface area contributed by atoms with Crippen molar-refractivity contribution in [2.75, 3.05) is 6.54 Å². The standard InChI is InChI=1S/C10H14N2O3/c11-9(10(13)7-12(14)15)6-8-4-2-1-3-5-8/h1-5,9-10,13H,6-7,11H2/t9?,10-/m0/s1. The number of nitrogens with zero attached hydrogens (tertiary/aromatic N) is 1. The Kier molecular flexibility index (Phi) is 4.20. The van der Waals surface area contributed by atoms with Crippen LogP contribution in [0.25, 0.3) is 0 Å². The fraction of sp³-hybridized carbons (Fsp3) is 0.400. The lowest BCUT2D eigenvalue weighted by Gasteiger charge is -2.15. The van der Waals surface area contributed by atoms with E-state index in [9.17, 15) is 15.2 Å². The van der Waals surface area contributed by atoms with Crippen molar-refractivity contribution in [3.63, 3.8) is 0 Å².